The fourth-order valence-corrected chi connectivity index (χ4v) is 5.33. The third-order valence-electron chi connectivity index (χ3n) is 6.35. The Morgan fingerprint density at radius 1 is 1.23 bits per heavy atom. The lowest BCUT2D eigenvalue weighted by molar-refractivity contribution is -0.119. The van der Waals surface area contributed by atoms with Gasteiger partial charge in [0.15, 0.2) is 11.0 Å². The van der Waals surface area contributed by atoms with Gasteiger partial charge in [-0.25, -0.2) is 0 Å². The minimum Gasteiger partial charge on any atom is -0.469 e. The molecule has 0 atom stereocenters. The molecular formula is C21H31N5O3S. The molecule has 2 aliphatic rings. The minimum atomic E-state index is 0.0437. The Balaban J connectivity index is 1.33. The Kier molecular flexibility index (Phi) is 6.80. The maximum absolute atomic E-state index is 12.6. The van der Waals surface area contributed by atoms with Gasteiger partial charge >= 0.3 is 0 Å². The van der Waals surface area contributed by atoms with Gasteiger partial charge in [0.25, 0.3) is 0 Å². The topological polar surface area (TPSA) is 85.4 Å². The third-order valence-corrected chi connectivity index (χ3v) is 7.37. The number of rotatable bonds is 7. The van der Waals surface area contributed by atoms with E-state index in [0.717, 1.165) is 61.4 Å². The largest absolute Gasteiger partial charge is 0.469 e. The molecule has 0 radical (unpaired) electrons. The van der Waals surface area contributed by atoms with Crippen molar-refractivity contribution in [1.29, 1.82) is 0 Å². The van der Waals surface area contributed by atoms with E-state index in [1.807, 2.05) is 24.6 Å². The first kappa shape index (κ1) is 21.4. The van der Waals surface area contributed by atoms with Crippen molar-refractivity contribution < 1.29 is 13.9 Å². The third kappa shape index (κ3) is 4.58. The Morgan fingerprint density at radius 3 is 2.70 bits per heavy atom. The lowest BCUT2D eigenvalue weighted by Crippen LogP contribution is -2.59. The molecule has 0 aromatic carbocycles. The van der Waals surface area contributed by atoms with Crippen LogP contribution in [0.5, 0.6) is 0 Å². The van der Waals surface area contributed by atoms with Crippen LogP contribution in [0.1, 0.15) is 37.9 Å². The summed E-state index contributed by atoms with van der Waals surface area (Å²) in [6, 6.07) is 1.88. The molecule has 9 heteroatoms. The summed E-state index contributed by atoms with van der Waals surface area (Å²) >= 11 is 1.41. The van der Waals surface area contributed by atoms with Crippen molar-refractivity contribution in [3.8, 4) is 11.4 Å². The maximum Gasteiger partial charge on any atom is 0.230 e. The van der Waals surface area contributed by atoms with E-state index in [1.165, 1.54) is 31.0 Å². The molecule has 0 bridgehead atoms. The molecule has 1 amide bonds. The summed E-state index contributed by atoms with van der Waals surface area (Å²) in [6.45, 7) is 6.11. The zero-order chi connectivity index (χ0) is 21.0. The Hall–Kier alpha value is -1.84. The maximum atomic E-state index is 12.6. The zero-order valence-corrected chi connectivity index (χ0v) is 18.7. The molecule has 1 N–H and O–H groups in total. The molecule has 0 unspecified atom stereocenters. The van der Waals surface area contributed by atoms with Crippen molar-refractivity contribution in [1.82, 2.24) is 25.0 Å². The number of aromatic nitrogens is 3. The number of aryl methyl sites for hydroxylation is 1. The molecule has 8 nitrogen and oxygen atoms in total. The van der Waals surface area contributed by atoms with Crippen LogP contribution in [0.2, 0.25) is 0 Å². The van der Waals surface area contributed by atoms with E-state index in [9.17, 15) is 4.79 Å². The fraction of sp³-hybridized carbons (Fsp3) is 0.667. The second kappa shape index (κ2) is 9.53. The molecular weight excluding hydrogens is 402 g/mol. The first-order valence-electron chi connectivity index (χ1n) is 10.8. The van der Waals surface area contributed by atoms with Crippen molar-refractivity contribution >= 4 is 17.7 Å². The second-order valence-electron chi connectivity index (χ2n) is 8.21. The lowest BCUT2D eigenvalue weighted by atomic mass is 9.79. The van der Waals surface area contributed by atoms with Gasteiger partial charge in [-0.3, -0.25) is 9.69 Å². The first-order valence-corrected chi connectivity index (χ1v) is 11.7. The van der Waals surface area contributed by atoms with Crippen LogP contribution >= 0.6 is 11.8 Å². The molecule has 2 fully saturated rings. The summed E-state index contributed by atoms with van der Waals surface area (Å²) in [7, 11) is 1.91. The monoisotopic (exact) mass is 433 g/mol. The summed E-state index contributed by atoms with van der Waals surface area (Å²) < 4.78 is 12.8. The zero-order valence-electron chi connectivity index (χ0n) is 17.9. The van der Waals surface area contributed by atoms with Crippen molar-refractivity contribution in [3.05, 3.63) is 18.1 Å². The van der Waals surface area contributed by atoms with Gasteiger partial charge in [-0.1, -0.05) is 31.0 Å². The van der Waals surface area contributed by atoms with E-state index in [2.05, 4.69) is 20.4 Å². The van der Waals surface area contributed by atoms with Crippen LogP contribution in [0.4, 0.5) is 0 Å². The van der Waals surface area contributed by atoms with Gasteiger partial charge in [-0.15, -0.1) is 10.2 Å². The number of furan rings is 1. The second-order valence-corrected chi connectivity index (χ2v) is 9.15. The average Bonchev–Trinajstić information content (AvgIpc) is 3.36. The summed E-state index contributed by atoms with van der Waals surface area (Å²) in [5.74, 6) is 1.93. The summed E-state index contributed by atoms with van der Waals surface area (Å²) in [4.78, 5) is 15.2. The Bertz CT molecular complexity index is 853. The number of nitrogens with one attached hydrogen (secondary N) is 1. The highest BCUT2D eigenvalue weighted by molar-refractivity contribution is 7.99. The molecule has 2 aromatic rings. The van der Waals surface area contributed by atoms with Crippen molar-refractivity contribution in [2.24, 2.45) is 7.05 Å². The van der Waals surface area contributed by atoms with Crippen LogP contribution in [0, 0.1) is 6.92 Å². The van der Waals surface area contributed by atoms with E-state index >= 15 is 0 Å². The van der Waals surface area contributed by atoms with Gasteiger partial charge in [0, 0.05) is 32.2 Å². The van der Waals surface area contributed by atoms with Crippen LogP contribution in [0.25, 0.3) is 11.4 Å². The van der Waals surface area contributed by atoms with E-state index < -0.39 is 0 Å². The molecule has 1 aliphatic heterocycles. The highest BCUT2D eigenvalue weighted by Gasteiger charge is 2.38. The highest BCUT2D eigenvalue weighted by Crippen LogP contribution is 2.34. The molecule has 164 valence electrons. The van der Waals surface area contributed by atoms with Crippen molar-refractivity contribution in [2.75, 3.05) is 38.6 Å². The summed E-state index contributed by atoms with van der Waals surface area (Å²) in [6.07, 6.45) is 7.71. The normalized spacial score (nSPS) is 19.7. The van der Waals surface area contributed by atoms with Crippen LogP contribution in [-0.4, -0.2) is 69.7 Å². The van der Waals surface area contributed by atoms with Crippen LogP contribution in [0.15, 0.2) is 21.9 Å². The average molecular weight is 434 g/mol. The van der Waals surface area contributed by atoms with Crippen LogP contribution in [0.3, 0.4) is 0 Å². The van der Waals surface area contributed by atoms with Gasteiger partial charge in [-0.2, -0.15) is 0 Å². The van der Waals surface area contributed by atoms with Gasteiger partial charge in [0.2, 0.25) is 5.91 Å². The first-order chi connectivity index (χ1) is 14.6. The number of carbonyl (C=O) groups is 1. The van der Waals surface area contributed by atoms with Crippen LogP contribution in [-0.2, 0) is 16.6 Å². The molecule has 30 heavy (non-hydrogen) atoms. The molecule has 2 aromatic heterocycles. The van der Waals surface area contributed by atoms with Gasteiger partial charge < -0.3 is 19.0 Å². The number of carbonyl (C=O) groups excluding carboxylic acids is 1. The number of morpholine rings is 1. The number of thioether (sulfide) groups is 1. The number of hydrogen-bond donors (Lipinski definition) is 1. The molecule has 3 heterocycles. The number of nitrogens with zero attached hydrogens (tertiary/aromatic N) is 4. The van der Waals surface area contributed by atoms with E-state index in [-0.39, 0.29) is 11.4 Å². The molecule has 1 saturated heterocycles. The SMILES string of the molecule is Cc1occc1-c1nnc(SCC(=O)NCC2(N3CCOCC3)CCCCC2)n1C. The van der Waals surface area contributed by atoms with E-state index in [0.29, 0.717) is 12.3 Å². The van der Waals surface area contributed by atoms with Gasteiger partial charge in [-0.05, 0) is 25.8 Å². The quantitative estimate of drug-likeness (QED) is 0.672. The fourth-order valence-electron chi connectivity index (χ4n) is 4.59. The molecule has 1 aliphatic carbocycles. The molecule has 4 rings (SSSR count). The van der Waals surface area contributed by atoms with Gasteiger partial charge in [0.1, 0.15) is 5.76 Å². The molecule has 1 saturated carbocycles. The Morgan fingerprint density at radius 2 is 2.00 bits per heavy atom. The summed E-state index contributed by atoms with van der Waals surface area (Å²) in [5.41, 5.74) is 1.00. The Labute approximate surface area is 181 Å². The predicted molar refractivity (Wildman–Crippen MR) is 115 cm³/mol. The van der Waals surface area contributed by atoms with Gasteiger partial charge in [0.05, 0.1) is 30.8 Å². The summed E-state index contributed by atoms with van der Waals surface area (Å²) in [5, 5.41) is 12.5. The smallest absolute Gasteiger partial charge is 0.230 e. The standard InChI is InChI=1S/C21H31N5O3S/c1-16-17(6-11-29-16)19-23-24-20(25(19)2)30-14-18(27)22-15-21(7-4-3-5-8-21)26-9-12-28-13-10-26/h6,11H,3-5,7-10,12-15H2,1-2H3,(H,22,27). The van der Waals surface area contributed by atoms with E-state index in [1.54, 1.807) is 6.26 Å². The van der Waals surface area contributed by atoms with Crippen LogP contribution < -0.4 is 5.32 Å². The minimum absolute atomic E-state index is 0.0437. The van der Waals surface area contributed by atoms with Crippen molar-refractivity contribution in [3.63, 3.8) is 0 Å². The highest BCUT2D eigenvalue weighted by atomic mass is 32.2. The van der Waals surface area contributed by atoms with E-state index in [4.69, 9.17) is 9.15 Å². The molecule has 0 spiro atoms. The predicted octanol–water partition coefficient (Wildman–Crippen LogP) is 2.63. The number of ether oxygens (including phenoxy) is 1. The lowest BCUT2D eigenvalue weighted by Gasteiger charge is -2.48. The number of amides is 1. The number of hydrogen-bond acceptors (Lipinski definition) is 7. The van der Waals surface area contributed by atoms with Crippen molar-refractivity contribution in [2.45, 2.75) is 49.7 Å².